The van der Waals surface area contributed by atoms with Crippen LogP contribution in [0, 0.1) is 0 Å². The lowest BCUT2D eigenvalue weighted by atomic mass is 10.3. The molecule has 116 heavy (non-hydrogen) atoms. The second kappa shape index (κ2) is 68.7. The largest absolute Gasteiger partial charge is 0.378 e. The molecule has 0 bridgehead atoms. The number of ether oxygens (including phenoxy) is 14. The van der Waals surface area contributed by atoms with Gasteiger partial charge < -0.3 is 86.6 Å². The van der Waals surface area contributed by atoms with E-state index >= 15 is 0 Å². The normalized spacial score (nSPS) is 16.3. The van der Waals surface area contributed by atoms with Gasteiger partial charge >= 0.3 is 11.9 Å². The molecule has 4 aliphatic heterocycles. The fourth-order valence-electron chi connectivity index (χ4n) is 9.03. The number of thiol groups is 2. The lowest BCUT2D eigenvalue weighted by molar-refractivity contribution is -0.198. The Morgan fingerprint density at radius 2 is 0.647 bits per heavy atom. The Hall–Kier alpha value is -6.04. The van der Waals surface area contributed by atoms with Crippen molar-refractivity contribution in [3.05, 3.63) is 0 Å². The summed E-state index contributed by atoms with van der Waals surface area (Å²) in [7, 11) is 0. The molecule has 42 heteroatoms. The Kier molecular flexibility index (Phi) is 63.9. The minimum atomic E-state index is -0.727. The Morgan fingerprint density at radius 3 is 0.983 bits per heavy atom. The van der Waals surface area contributed by atoms with Crippen molar-refractivity contribution in [2.24, 2.45) is 0 Å². The molecule has 0 spiro atoms. The van der Waals surface area contributed by atoms with Crippen LogP contribution in [0.3, 0.4) is 0 Å². The Labute approximate surface area is 697 Å². The summed E-state index contributed by atoms with van der Waals surface area (Å²) in [5.41, 5.74) is 0. The maximum atomic E-state index is 12.6. The number of thioether (sulfide) groups is 2. The third-order valence-electron chi connectivity index (χ3n) is 16.1. The monoisotopic (exact) mass is 1730 g/mol. The molecule has 664 valence electrons. The molecule has 10 amide bonds. The predicted octanol–water partition coefficient (Wildman–Crippen LogP) is 1.46. The number of imide groups is 4. The minimum Gasteiger partial charge on any atom is -0.378 e. The molecule has 6 atom stereocenters. The highest BCUT2D eigenvalue weighted by Crippen LogP contribution is 2.27. The third-order valence-corrected chi connectivity index (χ3v) is 19.1. The van der Waals surface area contributed by atoms with Crippen molar-refractivity contribution in [1.29, 1.82) is 0 Å². The van der Waals surface area contributed by atoms with Crippen molar-refractivity contribution in [2.75, 3.05) is 208 Å². The van der Waals surface area contributed by atoms with Crippen molar-refractivity contribution in [2.45, 2.75) is 167 Å². The van der Waals surface area contributed by atoms with Crippen molar-refractivity contribution >= 4 is 143 Å². The number of carbonyl (C=O) groups excluding carboxylic acids is 16. The smallest absolute Gasteiger partial charge is 0.335 e. The summed E-state index contributed by atoms with van der Waals surface area (Å²) >= 11 is 10.7. The summed E-state index contributed by atoms with van der Waals surface area (Å²) in [5, 5.41) is 5.43. The van der Waals surface area contributed by atoms with Gasteiger partial charge in [-0.2, -0.15) is 25.3 Å². The number of hydrogen-bond donors (Lipinski definition) is 4. The molecule has 0 aromatic heterocycles. The van der Waals surface area contributed by atoms with Gasteiger partial charge in [0.1, 0.15) is 24.4 Å². The highest BCUT2D eigenvalue weighted by molar-refractivity contribution is 8.00. The van der Waals surface area contributed by atoms with Crippen LogP contribution >= 0.6 is 48.8 Å². The molecule has 4 heterocycles. The van der Waals surface area contributed by atoms with E-state index in [4.69, 9.17) is 76.0 Å². The van der Waals surface area contributed by atoms with Crippen LogP contribution in [-0.2, 0) is 153 Å². The average molecular weight is 1740 g/mol. The Balaban J connectivity index is 0.000000918. The standard InChI is InChI=1S/C30H47N3O14S.C29H45N3O13S.C8H16O3S.C7H14O2S/c1-22(34)23(2)46-18-17-45-19-20-48-24-21-28(38)32(30(24)40)8-5-25(35)31-7-10-42-12-14-44-16-15-43-13-11-41-9-6-29(39)47-33-26(36)3-4-27(33)37;1-21(33)22(2)44-10-3-19-46-23-20-27(37)31(29(23)39)9-6-24(34)30-8-12-41-14-16-43-18-17-42-15-13-40-11-7-28(38)45-32-25(35)4-5-26(32)36;1-7(9)8(2)11-4-3-10-5-6-12;1-6(8)7(2)9-4-3-5-10/h23-24H,3-21H2,1-2H3,(H,31,35);22-23H,3-20H2,1-2H3,(H,30,34);8,12H,3-6H2,1-2H3;7,10H,3-5H2,1-2H3/t23-,24?;22-,23?;8-;7-/m0000/s1. The SMILES string of the molecule is CC(=O)[C@H](C)OCCCS.CC(=O)[C@H](C)OCCCSC1CC(=O)N(CCC(=O)NCCOCCOCCOCCOCCC(=O)ON2C(=O)CCC2=O)C1=O.CC(=O)[C@H](C)OCCOCCS.CC(=O)[C@H](C)OCCOCCSC1CC(=O)N(CCC(=O)NCCOCCOCCOCCOCCC(=O)ON2C(=O)CCC2=O)C1=O. The van der Waals surface area contributed by atoms with Gasteiger partial charge in [0, 0.05) is 102 Å². The molecule has 4 fully saturated rings. The van der Waals surface area contributed by atoms with Crippen molar-refractivity contribution < 1.29 is 153 Å². The van der Waals surface area contributed by atoms with Crippen molar-refractivity contribution in [1.82, 2.24) is 30.6 Å². The first-order valence-corrected chi connectivity index (χ1v) is 42.0. The van der Waals surface area contributed by atoms with Crippen LogP contribution < -0.4 is 10.6 Å². The Bertz CT molecular complexity index is 2930. The zero-order valence-electron chi connectivity index (χ0n) is 68.1. The molecule has 0 aromatic carbocycles. The number of Topliss-reactive ketones (excluding diaryl/α,β-unsaturated/α-hetero) is 4. The van der Waals surface area contributed by atoms with Crippen LogP contribution in [0.5, 0.6) is 0 Å². The molecular weight excluding hydrogens is 1610 g/mol. The first kappa shape index (κ1) is 108. The quantitative estimate of drug-likeness (QED) is 0.0380. The maximum absolute atomic E-state index is 12.6. The van der Waals surface area contributed by atoms with Crippen LogP contribution in [0.2, 0.25) is 0 Å². The number of hydroxylamine groups is 4. The molecule has 2 N–H and O–H groups in total. The second-order valence-corrected chi connectivity index (χ2v) is 29.0. The maximum Gasteiger partial charge on any atom is 0.335 e. The fraction of sp³-hybridized carbons (Fsp3) is 0.784. The number of rotatable bonds is 66. The summed E-state index contributed by atoms with van der Waals surface area (Å²) in [6.45, 7) is 21.5. The Morgan fingerprint density at radius 1 is 0.353 bits per heavy atom. The highest BCUT2D eigenvalue weighted by atomic mass is 32.2. The molecule has 38 nitrogen and oxygen atoms in total. The van der Waals surface area contributed by atoms with E-state index in [1.54, 1.807) is 27.7 Å². The molecule has 0 aliphatic carbocycles. The van der Waals surface area contributed by atoms with Gasteiger partial charge in [-0.15, -0.1) is 33.7 Å². The topological polar surface area (TPSA) is 458 Å². The summed E-state index contributed by atoms with van der Waals surface area (Å²) < 4.78 is 74.4. The van der Waals surface area contributed by atoms with Crippen LogP contribution in [0.4, 0.5) is 0 Å². The van der Waals surface area contributed by atoms with Gasteiger partial charge in [0.2, 0.25) is 35.4 Å². The summed E-state index contributed by atoms with van der Waals surface area (Å²) in [6, 6.07) is 0. The van der Waals surface area contributed by atoms with Gasteiger partial charge in [-0.3, -0.25) is 76.9 Å². The van der Waals surface area contributed by atoms with E-state index in [0.717, 1.165) is 22.0 Å². The zero-order chi connectivity index (χ0) is 86.3. The van der Waals surface area contributed by atoms with Crippen molar-refractivity contribution in [3.8, 4) is 0 Å². The van der Waals surface area contributed by atoms with Gasteiger partial charge in [-0.1, -0.05) is 0 Å². The first-order chi connectivity index (χ1) is 55.6. The lowest BCUT2D eigenvalue weighted by Gasteiger charge is -2.15. The minimum absolute atomic E-state index is 0.000420. The number of nitrogens with one attached hydrogen (secondary N) is 2. The number of ketones is 4. The van der Waals surface area contributed by atoms with E-state index in [1.807, 2.05) is 0 Å². The van der Waals surface area contributed by atoms with E-state index in [1.165, 1.54) is 51.2 Å². The average Bonchev–Trinajstić information content (AvgIpc) is 1.69. The van der Waals surface area contributed by atoms with Crippen LogP contribution in [0.15, 0.2) is 0 Å². The molecule has 0 aromatic rings. The number of nitrogens with zero attached hydrogens (tertiary/aromatic N) is 4. The molecule has 4 saturated heterocycles. The van der Waals surface area contributed by atoms with Gasteiger partial charge in [-0.25, -0.2) is 9.59 Å². The third kappa shape index (κ3) is 53.5. The van der Waals surface area contributed by atoms with Crippen LogP contribution in [0.25, 0.3) is 0 Å². The van der Waals surface area contributed by atoms with E-state index in [9.17, 15) is 76.7 Å². The zero-order valence-corrected chi connectivity index (χ0v) is 71.6. The van der Waals surface area contributed by atoms with Gasteiger partial charge in [0.05, 0.1) is 169 Å². The van der Waals surface area contributed by atoms with E-state index < -0.39 is 58.3 Å². The number of amides is 10. The highest BCUT2D eigenvalue weighted by Gasteiger charge is 2.40. The van der Waals surface area contributed by atoms with Crippen LogP contribution in [-0.4, -0.2) is 357 Å². The number of carbonyl (C=O) groups is 16. The number of hydrogen-bond acceptors (Lipinski definition) is 36. The van der Waals surface area contributed by atoms with Gasteiger partial charge in [0.25, 0.3) is 23.6 Å². The molecular formula is C74H122N6O32S4. The molecule has 0 radical (unpaired) electrons. The van der Waals surface area contributed by atoms with E-state index in [0.29, 0.717) is 140 Å². The molecule has 4 rings (SSSR count). The number of likely N-dealkylation sites (tertiary alicyclic amines) is 2. The second-order valence-electron chi connectivity index (χ2n) is 25.5. The fourth-order valence-corrected chi connectivity index (χ4v) is 11.4. The predicted molar refractivity (Wildman–Crippen MR) is 424 cm³/mol. The summed E-state index contributed by atoms with van der Waals surface area (Å²) in [4.78, 5) is 198. The van der Waals surface area contributed by atoms with Gasteiger partial charge in [-0.05, 0) is 79.7 Å². The van der Waals surface area contributed by atoms with Gasteiger partial charge in [0.15, 0.2) is 23.1 Å². The van der Waals surface area contributed by atoms with E-state index in [2.05, 4.69) is 35.9 Å². The lowest BCUT2D eigenvalue weighted by Crippen LogP contribution is -2.36. The molecule has 0 saturated carbocycles. The summed E-state index contributed by atoms with van der Waals surface area (Å²) in [5.74, 6) is -2.62. The van der Waals surface area contributed by atoms with Crippen LogP contribution in [0.1, 0.15) is 132 Å². The van der Waals surface area contributed by atoms with Crippen molar-refractivity contribution in [3.63, 3.8) is 0 Å². The van der Waals surface area contributed by atoms with E-state index in [-0.39, 0.29) is 214 Å². The molecule has 4 aliphatic rings. The first-order valence-electron chi connectivity index (χ1n) is 38.6. The molecule has 2 unspecified atom stereocenters. The summed E-state index contributed by atoms with van der Waals surface area (Å²) in [6.07, 6.45) is 0.237.